The number of benzene rings is 2. The minimum absolute atomic E-state index is 0.0267. The molecule has 0 bridgehead atoms. The van der Waals surface area contributed by atoms with Gasteiger partial charge in [-0.1, -0.05) is 13.8 Å². The Kier molecular flexibility index (Phi) is 4.16. The van der Waals surface area contributed by atoms with Crippen LogP contribution in [0.1, 0.15) is 13.8 Å². The molecule has 0 saturated heterocycles. The number of pyridine rings is 1. The molecule has 132 valence electrons. The van der Waals surface area contributed by atoms with Gasteiger partial charge in [-0.3, -0.25) is 14.3 Å². The fourth-order valence-electron chi connectivity index (χ4n) is 2.84. The molecule has 0 aliphatic carbocycles. The molecule has 2 N–H and O–H groups in total. The normalized spacial score (nSPS) is 12.8. The number of halogens is 1. The predicted octanol–water partition coefficient (Wildman–Crippen LogP) is 4.51. The molecule has 5 nitrogen and oxygen atoms in total. The van der Waals surface area contributed by atoms with Crippen LogP contribution in [-0.4, -0.2) is 24.6 Å². The third-order valence-electron chi connectivity index (χ3n) is 4.15. The summed E-state index contributed by atoms with van der Waals surface area (Å²) in [4.78, 5) is 5.12. The quantitative estimate of drug-likeness (QED) is 0.556. The van der Waals surface area contributed by atoms with E-state index in [2.05, 4.69) is 20.5 Å². The summed E-state index contributed by atoms with van der Waals surface area (Å²) >= 11 is 0. The lowest BCUT2D eigenvalue weighted by atomic mass is 10.2. The van der Waals surface area contributed by atoms with Gasteiger partial charge in [0.1, 0.15) is 5.82 Å². The van der Waals surface area contributed by atoms with Gasteiger partial charge in [-0.05, 0) is 42.5 Å². The SMILES string of the molecule is CC(C)S(=O)c1ccc2nccc(Nc3n[nH]c4ccc(F)cc34)c2c1. The molecular formula is C19H17FN4OS. The maximum atomic E-state index is 13.6. The summed E-state index contributed by atoms with van der Waals surface area (Å²) in [6, 6.07) is 11.9. The van der Waals surface area contributed by atoms with Gasteiger partial charge in [0.05, 0.1) is 27.5 Å². The topological polar surface area (TPSA) is 70.7 Å². The van der Waals surface area contributed by atoms with Gasteiger partial charge in [0.2, 0.25) is 0 Å². The number of rotatable bonds is 4. The number of aromatic amines is 1. The van der Waals surface area contributed by atoms with E-state index in [4.69, 9.17) is 0 Å². The van der Waals surface area contributed by atoms with E-state index in [9.17, 15) is 8.60 Å². The highest BCUT2D eigenvalue weighted by Gasteiger charge is 2.13. The summed E-state index contributed by atoms with van der Waals surface area (Å²) in [5.41, 5.74) is 2.30. The number of nitrogens with one attached hydrogen (secondary N) is 2. The van der Waals surface area contributed by atoms with E-state index in [-0.39, 0.29) is 11.1 Å². The summed E-state index contributed by atoms with van der Waals surface area (Å²) < 4.78 is 26.0. The minimum Gasteiger partial charge on any atom is -0.338 e. The largest absolute Gasteiger partial charge is 0.338 e. The Morgan fingerprint density at radius 2 is 1.96 bits per heavy atom. The number of hydrogen-bond donors (Lipinski definition) is 2. The fourth-order valence-corrected chi connectivity index (χ4v) is 3.82. The molecule has 0 spiro atoms. The van der Waals surface area contributed by atoms with E-state index in [1.54, 1.807) is 12.3 Å². The number of aromatic nitrogens is 3. The van der Waals surface area contributed by atoms with Gasteiger partial charge in [0.15, 0.2) is 5.82 Å². The van der Waals surface area contributed by atoms with Crippen molar-refractivity contribution in [2.24, 2.45) is 0 Å². The van der Waals surface area contributed by atoms with Gasteiger partial charge in [-0.15, -0.1) is 0 Å². The number of fused-ring (bicyclic) bond motifs is 2. The molecule has 0 radical (unpaired) electrons. The number of nitrogens with zero attached hydrogens (tertiary/aromatic N) is 2. The highest BCUT2D eigenvalue weighted by Crippen LogP contribution is 2.30. The molecule has 1 atom stereocenters. The molecule has 0 aliphatic heterocycles. The summed E-state index contributed by atoms with van der Waals surface area (Å²) in [7, 11) is -1.09. The first-order chi connectivity index (χ1) is 12.5. The average Bonchev–Trinajstić information content (AvgIpc) is 3.03. The molecule has 0 aliphatic rings. The van der Waals surface area contributed by atoms with Crippen LogP contribution in [0.2, 0.25) is 0 Å². The number of H-pyrrole nitrogens is 1. The third-order valence-corrected chi connectivity index (χ3v) is 5.73. The highest BCUT2D eigenvalue weighted by atomic mass is 32.2. The smallest absolute Gasteiger partial charge is 0.160 e. The fraction of sp³-hybridized carbons (Fsp3) is 0.158. The molecule has 26 heavy (non-hydrogen) atoms. The van der Waals surface area contributed by atoms with Gasteiger partial charge in [-0.25, -0.2) is 4.39 Å². The molecule has 2 heterocycles. The van der Waals surface area contributed by atoms with E-state index in [0.29, 0.717) is 11.2 Å². The van der Waals surface area contributed by atoms with Crippen molar-refractivity contribution in [2.45, 2.75) is 24.0 Å². The van der Waals surface area contributed by atoms with Crippen molar-refractivity contribution in [3.63, 3.8) is 0 Å². The molecule has 1 unspecified atom stereocenters. The second-order valence-electron chi connectivity index (χ2n) is 6.27. The van der Waals surface area contributed by atoms with Crippen LogP contribution in [0.15, 0.2) is 53.6 Å². The molecule has 0 amide bonds. The zero-order valence-electron chi connectivity index (χ0n) is 14.3. The van der Waals surface area contributed by atoms with Gasteiger partial charge < -0.3 is 5.32 Å². The zero-order valence-corrected chi connectivity index (χ0v) is 15.1. The van der Waals surface area contributed by atoms with Crippen molar-refractivity contribution < 1.29 is 8.60 Å². The Morgan fingerprint density at radius 3 is 2.77 bits per heavy atom. The van der Waals surface area contributed by atoms with Crippen LogP contribution >= 0.6 is 0 Å². The number of anilines is 2. The van der Waals surface area contributed by atoms with Gasteiger partial charge in [-0.2, -0.15) is 5.10 Å². The Balaban J connectivity index is 1.81. The highest BCUT2D eigenvalue weighted by molar-refractivity contribution is 7.85. The van der Waals surface area contributed by atoms with Crippen molar-refractivity contribution in [3.05, 3.63) is 54.5 Å². The van der Waals surface area contributed by atoms with E-state index in [1.807, 2.05) is 38.1 Å². The summed E-state index contributed by atoms with van der Waals surface area (Å²) in [5.74, 6) is 0.207. The lowest BCUT2D eigenvalue weighted by Crippen LogP contribution is -2.05. The predicted molar refractivity (Wildman–Crippen MR) is 103 cm³/mol. The maximum Gasteiger partial charge on any atom is 0.160 e. The number of hydrogen-bond acceptors (Lipinski definition) is 4. The molecule has 2 aromatic heterocycles. The Labute approximate surface area is 152 Å². The van der Waals surface area contributed by atoms with Crippen LogP contribution in [0.3, 0.4) is 0 Å². The van der Waals surface area contributed by atoms with Crippen molar-refractivity contribution in [3.8, 4) is 0 Å². The second-order valence-corrected chi connectivity index (χ2v) is 8.28. The van der Waals surface area contributed by atoms with Gasteiger partial charge in [0.25, 0.3) is 0 Å². The molecule has 2 aromatic carbocycles. The zero-order chi connectivity index (χ0) is 18.3. The van der Waals surface area contributed by atoms with E-state index < -0.39 is 10.8 Å². The third kappa shape index (κ3) is 2.94. The first-order valence-electron chi connectivity index (χ1n) is 8.23. The molecule has 7 heteroatoms. The van der Waals surface area contributed by atoms with Crippen molar-refractivity contribution in [1.82, 2.24) is 15.2 Å². The molecule has 4 aromatic rings. The van der Waals surface area contributed by atoms with Gasteiger partial charge >= 0.3 is 0 Å². The van der Waals surface area contributed by atoms with Crippen LogP contribution in [0, 0.1) is 5.82 Å². The molecule has 4 rings (SSSR count). The molecule has 0 fully saturated rings. The lowest BCUT2D eigenvalue weighted by Gasteiger charge is -2.10. The Bertz CT molecular complexity index is 1140. The summed E-state index contributed by atoms with van der Waals surface area (Å²) in [6.45, 7) is 3.85. The lowest BCUT2D eigenvalue weighted by molar-refractivity contribution is 0.630. The van der Waals surface area contributed by atoms with Crippen LogP contribution in [0.5, 0.6) is 0 Å². The van der Waals surface area contributed by atoms with Crippen molar-refractivity contribution >= 4 is 44.1 Å². The van der Waals surface area contributed by atoms with E-state index in [1.165, 1.54) is 12.1 Å². The Hall–Kier alpha value is -2.80. The minimum atomic E-state index is -1.09. The van der Waals surface area contributed by atoms with Crippen molar-refractivity contribution in [1.29, 1.82) is 0 Å². The van der Waals surface area contributed by atoms with Crippen LogP contribution < -0.4 is 5.32 Å². The van der Waals surface area contributed by atoms with E-state index >= 15 is 0 Å². The van der Waals surface area contributed by atoms with Crippen LogP contribution in [0.4, 0.5) is 15.9 Å². The van der Waals surface area contributed by atoms with Gasteiger partial charge in [0, 0.05) is 27.1 Å². The monoisotopic (exact) mass is 368 g/mol. The Morgan fingerprint density at radius 1 is 1.12 bits per heavy atom. The van der Waals surface area contributed by atoms with E-state index in [0.717, 1.165) is 27.0 Å². The first-order valence-corrected chi connectivity index (χ1v) is 9.44. The van der Waals surface area contributed by atoms with Crippen LogP contribution in [0.25, 0.3) is 21.8 Å². The van der Waals surface area contributed by atoms with Crippen molar-refractivity contribution in [2.75, 3.05) is 5.32 Å². The second kappa shape index (κ2) is 6.49. The first kappa shape index (κ1) is 16.7. The standard InChI is InChI=1S/C19H17FN4OS/c1-11(2)26(25)13-4-6-16-14(10-13)17(7-8-21-16)22-19-15-9-12(20)3-5-18(15)23-24-19/h3-11H,1-2H3,(H2,21,22,23,24). The molecular weight excluding hydrogens is 351 g/mol. The maximum absolute atomic E-state index is 13.6. The summed E-state index contributed by atoms with van der Waals surface area (Å²) in [5, 5.41) is 11.9. The average molecular weight is 368 g/mol. The van der Waals surface area contributed by atoms with Crippen LogP contribution in [-0.2, 0) is 10.8 Å². The molecule has 0 saturated carbocycles. The summed E-state index contributed by atoms with van der Waals surface area (Å²) in [6.07, 6.45) is 1.69.